The van der Waals surface area contributed by atoms with Crippen molar-refractivity contribution in [3.63, 3.8) is 0 Å². The molecule has 0 aromatic carbocycles. The van der Waals surface area contributed by atoms with Crippen LogP contribution in [0.1, 0.15) is 17.7 Å². The number of nitrogens with zero attached hydrogens (tertiary/aromatic N) is 4. The number of aryl methyl sites for hydroxylation is 2. The fourth-order valence-corrected chi connectivity index (χ4v) is 3.09. The molecule has 0 aliphatic carbocycles. The van der Waals surface area contributed by atoms with Gasteiger partial charge in [-0.05, 0) is 45.5 Å². The molecule has 1 unspecified atom stereocenters. The topological polar surface area (TPSA) is 66.0 Å². The van der Waals surface area contributed by atoms with E-state index in [4.69, 9.17) is 0 Å². The number of hydrogen-bond donors (Lipinski definition) is 2. The molecule has 0 bridgehead atoms. The molecule has 2 aromatic rings. The molecule has 6 nitrogen and oxygen atoms in total. The van der Waals surface area contributed by atoms with E-state index in [1.165, 1.54) is 0 Å². The minimum atomic E-state index is -4.33. The highest BCUT2D eigenvalue weighted by atomic mass is 19.4. The van der Waals surface area contributed by atoms with Crippen LogP contribution in [-0.4, -0.2) is 58.8 Å². The van der Waals surface area contributed by atoms with Gasteiger partial charge in [0.2, 0.25) is 5.95 Å². The molecule has 1 aliphatic heterocycles. The lowest BCUT2D eigenvalue weighted by molar-refractivity contribution is -0.115. The number of pyridine rings is 1. The summed E-state index contributed by atoms with van der Waals surface area (Å²) in [5, 5.41) is 6.13. The van der Waals surface area contributed by atoms with Gasteiger partial charge in [-0.3, -0.25) is 0 Å². The first-order chi connectivity index (χ1) is 11.7. The zero-order chi connectivity index (χ0) is 18.2. The van der Waals surface area contributed by atoms with Crippen molar-refractivity contribution in [2.45, 2.75) is 32.5 Å². The lowest BCUT2D eigenvalue weighted by Gasteiger charge is -2.17. The molecule has 0 saturated carbocycles. The number of fused-ring (bicyclic) bond motifs is 1. The summed E-state index contributed by atoms with van der Waals surface area (Å²) in [6.07, 6.45) is -3.39. The third-order valence-corrected chi connectivity index (χ3v) is 4.17. The number of halogens is 3. The highest BCUT2D eigenvalue weighted by Crippen LogP contribution is 2.27. The Hall–Kier alpha value is -2.16. The van der Waals surface area contributed by atoms with Gasteiger partial charge >= 0.3 is 6.18 Å². The van der Waals surface area contributed by atoms with Crippen molar-refractivity contribution in [2.24, 2.45) is 0 Å². The van der Waals surface area contributed by atoms with Crippen molar-refractivity contribution in [3.8, 4) is 0 Å². The van der Waals surface area contributed by atoms with Crippen LogP contribution in [0.25, 0.3) is 11.0 Å². The first kappa shape index (κ1) is 17.7. The largest absolute Gasteiger partial charge is 0.405 e. The van der Waals surface area contributed by atoms with E-state index in [1.54, 1.807) is 0 Å². The number of nitrogens with one attached hydrogen (secondary N) is 2. The van der Waals surface area contributed by atoms with Crippen LogP contribution in [0.4, 0.5) is 24.9 Å². The van der Waals surface area contributed by atoms with Gasteiger partial charge in [-0.1, -0.05) is 0 Å². The smallest absolute Gasteiger partial charge is 0.360 e. The molecular formula is C16H21F3N6. The normalized spacial score (nSPS) is 18.7. The number of likely N-dealkylation sites (N-methyl/N-ethyl adjacent to an activating group) is 1. The second-order valence-electron chi connectivity index (χ2n) is 6.54. The standard InChI is InChI=1S/C16H21F3N6/c1-9-6-10(2)21-14-12(9)13(20-8-16(17,18)19)23-15(24-14)22-11-4-5-25(3)7-11/h6,11H,4-5,7-8H2,1-3H3,(H2,20,21,22,23,24). The van der Waals surface area contributed by atoms with Gasteiger partial charge in [-0.2, -0.15) is 23.1 Å². The minimum Gasteiger partial charge on any atom is -0.360 e. The van der Waals surface area contributed by atoms with Gasteiger partial charge in [-0.15, -0.1) is 0 Å². The van der Waals surface area contributed by atoms with Crippen LogP contribution >= 0.6 is 0 Å². The van der Waals surface area contributed by atoms with Gasteiger partial charge in [0.05, 0.1) is 5.39 Å². The molecule has 1 aliphatic rings. The summed E-state index contributed by atoms with van der Waals surface area (Å²) in [6, 6.07) is 1.98. The van der Waals surface area contributed by atoms with Crippen LogP contribution in [-0.2, 0) is 0 Å². The SMILES string of the molecule is Cc1cc(C)c2c(NCC(F)(F)F)nc(NC3CCN(C)C3)nc2n1. The third-order valence-electron chi connectivity index (χ3n) is 4.17. The lowest BCUT2D eigenvalue weighted by Crippen LogP contribution is -2.25. The summed E-state index contributed by atoms with van der Waals surface area (Å²) in [6.45, 7) is 4.29. The Morgan fingerprint density at radius 1 is 1.24 bits per heavy atom. The molecule has 136 valence electrons. The van der Waals surface area contributed by atoms with Crippen LogP contribution in [0, 0.1) is 13.8 Å². The quantitative estimate of drug-likeness (QED) is 0.880. The van der Waals surface area contributed by atoms with Gasteiger partial charge in [0, 0.05) is 18.3 Å². The second-order valence-corrected chi connectivity index (χ2v) is 6.54. The molecule has 1 atom stereocenters. The van der Waals surface area contributed by atoms with E-state index in [-0.39, 0.29) is 11.9 Å². The van der Waals surface area contributed by atoms with E-state index in [9.17, 15) is 13.2 Å². The van der Waals surface area contributed by atoms with Crippen LogP contribution in [0.2, 0.25) is 0 Å². The molecule has 0 radical (unpaired) electrons. The van der Waals surface area contributed by atoms with Gasteiger partial charge in [0.1, 0.15) is 12.4 Å². The Bertz CT molecular complexity index is 777. The highest BCUT2D eigenvalue weighted by molar-refractivity contribution is 5.90. The minimum absolute atomic E-state index is 0.154. The number of rotatable bonds is 4. The average Bonchev–Trinajstić information content (AvgIpc) is 2.88. The Labute approximate surface area is 143 Å². The molecule has 3 heterocycles. The first-order valence-corrected chi connectivity index (χ1v) is 8.13. The predicted octanol–water partition coefficient (Wildman–Crippen LogP) is 2.73. The summed E-state index contributed by atoms with van der Waals surface area (Å²) >= 11 is 0. The third kappa shape index (κ3) is 4.28. The van der Waals surface area contributed by atoms with Crippen molar-refractivity contribution >= 4 is 22.8 Å². The van der Waals surface area contributed by atoms with Crippen LogP contribution in [0.5, 0.6) is 0 Å². The molecule has 1 saturated heterocycles. The lowest BCUT2D eigenvalue weighted by atomic mass is 10.1. The maximum Gasteiger partial charge on any atom is 0.405 e. The Morgan fingerprint density at radius 3 is 2.64 bits per heavy atom. The molecule has 9 heteroatoms. The molecule has 2 N–H and O–H groups in total. The van der Waals surface area contributed by atoms with E-state index < -0.39 is 12.7 Å². The van der Waals surface area contributed by atoms with Crippen molar-refractivity contribution in [1.29, 1.82) is 0 Å². The van der Waals surface area contributed by atoms with Gasteiger partial charge < -0.3 is 15.5 Å². The molecule has 1 fully saturated rings. The number of alkyl halides is 3. The summed E-state index contributed by atoms with van der Waals surface area (Å²) in [4.78, 5) is 15.3. The highest BCUT2D eigenvalue weighted by Gasteiger charge is 2.28. The van der Waals surface area contributed by atoms with Gasteiger partial charge in [-0.25, -0.2) is 4.98 Å². The molecule has 2 aromatic heterocycles. The second kappa shape index (κ2) is 6.62. The summed E-state index contributed by atoms with van der Waals surface area (Å²) in [7, 11) is 2.02. The van der Waals surface area contributed by atoms with Crippen LogP contribution < -0.4 is 10.6 Å². The van der Waals surface area contributed by atoms with Crippen molar-refractivity contribution in [3.05, 3.63) is 17.3 Å². The molecule has 3 rings (SSSR count). The Morgan fingerprint density at radius 2 is 2.00 bits per heavy atom. The maximum atomic E-state index is 12.6. The summed E-state index contributed by atoms with van der Waals surface area (Å²) < 4.78 is 37.9. The molecule has 0 amide bonds. The van der Waals surface area contributed by atoms with E-state index in [0.29, 0.717) is 17.0 Å². The Kier molecular flexibility index (Phi) is 4.68. The van der Waals surface area contributed by atoms with Crippen LogP contribution in [0.3, 0.4) is 0 Å². The van der Waals surface area contributed by atoms with Crippen molar-refractivity contribution < 1.29 is 13.2 Å². The Balaban J connectivity index is 1.97. The van der Waals surface area contributed by atoms with E-state index in [1.807, 2.05) is 27.0 Å². The number of likely N-dealkylation sites (tertiary alicyclic amines) is 1. The van der Waals surface area contributed by atoms with Gasteiger partial charge in [0.15, 0.2) is 5.65 Å². The summed E-state index contributed by atoms with van der Waals surface area (Å²) in [5.74, 6) is 0.455. The fourth-order valence-electron chi connectivity index (χ4n) is 3.09. The monoisotopic (exact) mass is 354 g/mol. The van der Waals surface area contributed by atoms with E-state index >= 15 is 0 Å². The fraction of sp³-hybridized carbons (Fsp3) is 0.562. The van der Waals surface area contributed by atoms with Gasteiger partial charge in [0.25, 0.3) is 0 Å². The van der Waals surface area contributed by atoms with Crippen molar-refractivity contribution in [2.75, 3.05) is 37.3 Å². The number of aromatic nitrogens is 3. The zero-order valence-electron chi connectivity index (χ0n) is 14.4. The summed E-state index contributed by atoms with van der Waals surface area (Å²) in [5.41, 5.74) is 1.95. The maximum absolute atomic E-state index is 12.6. The average molecular weight is 354 g/mol. The van der Waals surface area contributed by atoms with E-state index in [0.717, 1.165) is 30.8 Å². The van der Waals surface area contributed by atoms with Crippen LogP contribution in [0.15, 0.2) is 6.07 Å². The molecule has 25 heavy (non-hydrogen) atoms. The zero-order valence-corrected chi connectivity index (χ0v) is 14.4. The van der Waals surface area contributed by atoms with E-state index in [2.05, 4.69) is 30.5 Å². The number of anilines is 2. The predicted molar refractivity (Wildman–Crippen MR) is 90.9 cm³/mol. The first-order valence-electron chi connectivity index (χ1n) is 8.13. The molecular weight excluding hydrogens is 333 g/mol. The molecule has 0 spiro atoms. The van der Waals surface area contributed by atoms with Crippen molar-refractivity contribution in [1.82, 2.24) is 19.9 Å². The number of hydrogen-bond acceptors (Lipinski definition) is 6.